The first-order valence-electron chi connectivity index (χ1n) is 9.24. The van der Waals surface area contributed by atoms with Gasteiger partial charge in [0, 0.05) is 12.8 Å². The first-order valence-corrected chi connectivity index (χ1v) is 9.24. The highest BCUT2D eigenvalue weighted by molar-refractivity contribution is 5.84. The monoisotopic (exact) mass is 363 g/mol. The molecule has 1 rings (SSSR count). The van der Waals surface area contributed by atoms with Crippen LogP contribution < -0.4 is 5.32 Å². The van der Waals surface area contributed by atoms with Crippen LogP contribution in [0.25, 0.3) is 0 Å². The molecule has 0 fully saturated rings. The number of carbonyl (C=O) groups excluding carboxylic acids is 2. The second kappa shape index (κ2) is 12.9. The molecule has 26 heavy (non-hydrogen) atoms. The zero-order chi connectivity index (χ0) is 19.2. The number of unbranched alkanes of at least 4 members (excludes halogenated alkanes) is 4. The van der Waals surface area contributed by atoms with E-state index in [4.69, 9.17) is 9.84 Å². The Morgan fingerprint density at radius 2 is 1.73 bits per heavy atom. The largest absolute Gasteiger partial charge is 0.481 e. The third-order valence-corrected chi connectivity index (χ3v) is 4.00. The van der Waals surface area contributed by atoms with Gasteiger partial charge in [-0.2, -0.15) is 0 Å². The van der Waals surface area contributed by atoms with E-state index in [9.17, 15) is 14.4 Å². The van der Waals surface area contributed by atoms with Crippen molar-refractivity contribution in [1.82, 2.24) is 5.32 Å². The molecule has 6 nitrogen and oxygen atoms in total. The molecule has 1 atom stereocenters. The number of esters is 1. The lowest BCUT2D eigenvalue weighted by molar-refractivity contribution is -0.149. The summed E-state index contributed by atoms with van der Waals surface area (Å²) in [6.45, 7) is 2.22. The highest BCUT2D eigenvalue weighted by atomic mass is 16.5. The fourth-order valence-corrected chi connectivity index (χ4v) is 2.50. The van der Waals surface area contributed by atoms with E-state index in [0.717, 1.165) is 37.7 Å². The normalized spacial score (nSPS) is 11.6. The minimum atomic E-state index is -1.01. The van der Waals surface area contributed by atoms with Gasteiger partial charge in [0.1, 0.15) is 12.6 Å². The van der Waals surface area contributed by atoms with Crippen LogP contribution in [0.4, 0.5) is 0 Å². The SMILES string of the molecule is CCCCCCCC(=O)N[C@H](CCC(=O)O)C(=O)OCc1ccccc1. The summed E-state index contributed by atoms with van der Waals surface area (Å²) in [4.78, 5) is 35.1. The van der Waals surface area contributed by atoms with Gasteiger partial charge in [-0.1, -0.05) is 62.9 Å². The lowest BCUT2D eigenvalue weighted by Gasteiger charge is -2.17. The van der Waals surface area contributed by atoms with Gasteiger partial charge in [0.2, 0.25) is 5.91 Å². The van der Waals surface area contributed by atoms with Crippen molar-refractivity contribution in [2.75, 3.05) is 0 Å². The predicted molar refractivity (Wildman–Crippen MR) is 98.4 cm³/mol. The number of aliphatic carboxylic acids is 1. The molecule has 0 aliphatic heterocycles. The van der Waals surface area contributed by atoms with Gasteiger partial charge < -0.3 is 15.2 Å². The maximum absolute atomic E-state index is 12.2. The first-order chi connectivity index (χ1) is 12.5. The lowest BCUT2D eigenvalue weighted by Crippen LogP contribution is -2.42. The smallest absolute Gasteiger partial charge is 0.328 e. The van der Waals surface area contributed by atoms with Crippen molar-refractivity contribution in [3.8, 4) is 0 Å². The molecular weight excluding hydrogens is 334 g/mol. The summed E-state index contributed by atoms with van der Waals surface area (Å²) < 4.78 is 5.23. The van der Waals surface area contributed by atoms with E-state index in [-0.39, 0.29) is 25.4 Å². The predicted octanol–water partition coefficient (Wildman–Crippen LogP) is 3.44. The van der Waals surface area contributed by atoms with Crippen molar-refractivity contribution < 1.29 is 24.2 Å². The molecule has 6 heteroatoms. The number of ether oxygens (including phenoxy) is 1. The number of carbonyl (C=O) groups is 3. The van der Waals surface area contributed by atoms with Crippen LogP contribution in [0, 0.1) is 0 Å². The summed E-state index contributed by atoms with van der Waals surface area (Å²) in [5.74, 6) is -1.86. The zero-order valence-corrected chi connectivity index (χ0v) is 15.4. The van der Waals surface area contributed by atoms with Crippen LogP contribution in [-0.2, 0) is 25.7 Å². The molecule has 144 valence electrons. The van der Waals surface area contributed by atoms with Gasteiger partial charge in [0.05, 0.1) is 0 Å². The van der Waals surface area contributed by atoms with E-state index in [1.54, 1.807) is 0 Å². The Bertz CT molecular complexity index is 559. The second-order valence-corrected chi connectivity index (χ2v) is 6.31. The van der Waals surface area contributed by atoms with Gasteiger partial charge in [-0.15, -0.1) is 0 Å². The lowest BCUT2D eigenvalue weighted by atomic mass is 10.1. The van der Waals surface area contributed by atoms with Crippen LogP contribution in [0.3, 0.4) is 0 Å². The van der Waals surface area contributed by atoms with Crippen LogP contribution in [-0.4, -0.2) is 29.0 Å². The van der Waals surface area contributed by atoms with Crippen LogP contribution in [0.5, 0.6) is 0 Å². The molecule has 0 saturated heterocycles. The van der Waals surface area contributed by atoms with Gasteiger partial charge in [-0.3, -0.25) is 9.59 Å². The molecule has 0 unspecified atom stereocenters. The Labute approximate surface area is 154 Å². The molecular formula is C20H29NO5. The Balaban J connectivity index is 2.47. The van der Waals surface area contributed by atoms with E-state index >= 15 is 0 Å². The summed E-state index contributed by atoms with van der Waals surface area (Å²) in [6.07, 6.45) is 5.25. The van der Waals surface area contributed by atoms with E-state index in [0.29, 0.717) is 6.42 Å². The number of amides is 1. The van der Waals surface area contributed by atoms with Crippen molar-refractivity contribution in [3.63, 3.8) is 0 Å². The molecule has 0 heterocycles. The van der Waals surface area contributed by atoms with E-state index in [1.807, 2.05) is 30.3 Å². The van der Waals surface area contributed by atoms with Gasteiger partial charge in [-0.25, -0.2) is 4.79 Å². The van der Waals surface area contributed by atoms with Gasteiger partial charge in [0.15, 0.2) is 0 Å². The third kappa shape index (κ3) is 9.81. The molecule has 0 aliphatic carbocycles. The average molecular weight is 363 g/mol. The summed E-state index contributed by atoms with van der Waals surface area (Å²) in [6, 6.07) is 8.26. The molecule has 1 aromatic rings. The zero-order valence-electron chi connectivity index (χ0n) is 15.4. The van der Waals surface area contributed by atoms with Crippen molar-refractivity contribution in [2.24, 2.45) is 0 Å². The van der Waals surface area contributed by atoms with Crippen LogP contribution in [0.15, 0.2) is 30.3 Å². The topological polar surface area (TPSA) is 92.7 Å². The van der Waals surface area contributed by atoms with E-state index in [1.165, 1.54) is 0 Å². The molecule has 2 N–H and O–H groups in total. The van der Waals surface area contributed by atoms with E-state index in [2.05, 4.69) is 12.2 Å². The van der Waals surface area contributed by atoms with Crippen molar-refractivity contribution >= 4 is 17.8 Å². The molecule has 0 spiro atoms. The number of nitrogens with one attached hydrogen (secondary N) is 1. The number of carboxylic acid groups (broad SMARTS) is 1. The van der Waals surface area contributed by atoms with Gasteiger partial charge in [0.25, 0.3) is 0 Å². The van der Waals surface area contributed by atoms with Crippen molar-refractivity contribution in [1.29, 1.82) is 0 Å². The molecule has 0 aliphatic rings. The second-order valence-electron chi connectivity index (χ2n) is 6.31. The Hall–Kier alpha value is -2.37. The number of carboxylic acids is 1. The summed E-state index contributed by atoms with van der Waals surface area (Å²) >= 11 is 0. The Kier molecular flexibility index (Phi) is 10.8. The fourth-order valence-electron chi connectivity index (χ4n) is 2.50. The molecule has 0 radical (unpaired) electrons. The standard InChI is InChI=1S/C20H29NO5/c1-2-3-4-5-9-12-18(22)21-17(13-14-19(23)24)20(25)26-15-16-10-7-6-8-11-16/h6-8,10-11,17H,2-5,9,12-15H2,1H3,(H,21,22)(H,23,24)/t17-/m1/s1. The number of rotatable bonds is 13. The van der Waals surface area contributed by atoms with E-state index < -0.39 is 18.0 Å². The average Bonchev–Trinajstić information content (AvgIpc) is 2.63. The number of benzene rings is 1. The van der Waals surface area contributed by atoms with Crippen molar-refractivity contribution in [3.05, 3.63) is 35.9 Å². The quantitative estimate of drug-likeness (QED) is 0.414. The molecule has 0 saturated carbocycles. The maximum atomic E-state index is 12.2. The molecule has 0 bridgehead atoms. The summed E-state index contributed by atoms with van der Waals surface area (Å²) in [5, 5.41) is 11.5. The van der Waals surface area contributed by atoms with Gasteiger partial charge in [-0.05, 0) is 18.4 Å². The first kappa shape index (κ1) is 21.7. The number of hydrogen-bond donors (Lipinski definition) is 2. The highest BCUT2D eigenvalue weighted by Gasteiger charge is 2.23. The van der Waals surface area contributed by atoms with Crippen LogP contribution >= 0.6 is 0 Å². The maximum Gasteiger partial charge on any atom is 0.328 e. The highest BCUT2D eigenvalue weighted by Crippen LogP contribution is 2.08. The summed E-state index contributed by atoms with van der Waals surface area (Å²) in [7, 11) is 0. The van der Waals surface area contributed by atoms with Gasteiger partial charge >= 0.3 is 11.9 Å². The molecule has 0 aromatic heterocycles. The minimum absolute atomic E-state index is 0.0184. The summed E-state index contributed by atoms with van der Waals surface area (Å²) in [5.41, 5.74) is 0.833. The van der Waals surface area contributed by atoms with Crippen LogP contribution in [0.2, 0.25) is 0 Å². The number of hydrogen-bond acceptors (Lipinski definition) is 4. The third-order valence-electron chi connectivity index (χ3n) is 4.00. The Morgan fingerprint density at radius 1 is 1.04 bits per heavy atom. The molecule has 1 aromatic carbocycles. The van der Waals surface area contributed by atoms with Crippen LogP contribution in [0.1, 0.15) is 63.9 Å². The van der Waals surface area contributed by atoms with Crippen molar-refractivity contribution in [2.45, 2.75) is 70.9 Å². The minimum Gasteiger partial charge on any atom is -0.481 e. The Morgan fingerprint density at radius 3 is 2.38 bits per heavy atom. The molecule has 1 amide bonds. The fraction of sp³-hybridized carbons (Fsp3) is 0.550.